The Bertz CT molecular complexity index is 649. The molecule has 3 rings (SSSR count). The van der Waals surface area contributed by atoms with E-state index in [-0.39, 0.29) is 11.6 Å². The minimum absolute atomic E-state index is 0.225. The lowest BCUT2D eigenvalue weighted by molar-refractivity contribution is 0.366. The van der Waals surface area contributed by atoms with Crippen LogP contribution in [0.1, 0.15) is 5.89 Å². The first kappa shape index (κ1) is 10.6. The molecule has 6 nitrogen and oxygen atoms in total. The van der Waals surface area contributed by atoms with Crippen molar-refractivity contribution in [3.8, 4) is 11.4 Å². The largest absolute Gasteiger partial charge is 0.337 e. The van der Waals surface area contributed by atoms with Gasteiger partial charge in [0.05, 0.1) is 5.56 Å². The third-order valence-corrected chi connectivity index (χ3v) is 2.35. The van der Waals surface area contributed by atoms with Crippen LogP contribution in [-0.4, -0.2) is 24.9 Å². The summed E-state index contributed by atoms with van der Waals surface area (Å²) in [7, 11) is 0. The van der Waals surface area contributed by atoms with Gasteiger partial charge in [-0.3, -0.25) is 0 Å². The van der Waals surface area contributed by atoms with E-state index in [0.29, 0.717) is 18.0 Å². The summed E-state index contributed by atoms with van der Waals surface area (Å²) in [6.45, 7) is 0.307. The van der Waals surface area contributed by atoms with E-state index in [4.69, 9.17) is 4.52 Å². The van der Waals surface area contributed by atoms with Crippen molar-refractivity contribution in [1.29, 1.82) is 0 Å². The summed E-state index contributed by atoms with van der Waals surface area (Å²) in [5, 5.41) is 7.65. The number of nitrogens with zero attached hydrogens (tertiary/aromatic N) is 5. The van der Waals surface area contributed by atoms with Gasteiger partial charge in [-0.1, -0.05) is 17.3 Å². The summed E-state index contributed by atoms with van der Waals surface area (Å²) >= 11 is 0. The molecular formula is C11H8FN5O. The van der Waals surface area contributed by atoms with Gasteiger partial charge in [0.25, 0.3) is 0 Å². The van der Waals surface area contributed by atoms with E-state index in [1.165, 1.54) is 18.7 Å². The molecule has 0 saturated carbocycles. The second-order valence-electron chi connectivity index (χ2n) is 3.58. The molecule has 90 valence electrons. The number of hydrogen-bond donors (Lipinski definition) is 0. The minimum atomic E-state index is -0.384. The van der Waals surface area contributed by atoms with Crippen molar-refractivity contribution in [2.45, 2.75) is 6.54 Å². The molecule has 2 aromatic heterocycles. The Morgan fingerprint density at radius 3 is 2.94 bits per heavy atom. The highest BCUT2D eigenvalue weighted by Crippen LogP contribution is 2.19. The van der Waals surface area contributed by atoms with Crippen molar-refractivity contribution in [3.05, 3.63) is 48.6 Å². The molecule has 0 aliphatic rings. The molecule has 0 aliphatic heterocycles. The lowest BCUT2D eigenvalue weighted by atomic mass is 10.2. The molecule has 2 heterocycles. The number of benzene rings is 1. The van der Waals surface area contributed by atoms with Gasteiger partial charge in [-0.05, 0) is 12.1 Å². The molecule has 0 atom stereocenters. The first-order chi connectivity index (χ1) is 8.83. The molecule has 0 spiro atoms. The van der Waals surface area contributed by atoms with Crippen LogP contribution in [0.3, 0.4) is 0 Å². The molecule has 7 heteroatoms. The van der Waals surface area contributed by atoms with E-state index in [2.05, 4.69) is 20.2 Å². The second kappa shape index (κ2) is 4.36. The van der Waals surface area contributed by atoms with Crippen LogP contribution >= 0.6 is 0 Å². The highest BCUT2D eigenvalue weighted by molar-refractivity contribution is 5.54. The summed E-state index contributed by atoms with van der Waals surface area (Å²) in [6.07, 6.45) is 2.95. The zero-order valence-electron chi connectivity index (χ0n) is 9.19. The van der Waals surface area contributed by atoms with E-state index in [1.807, 2.05) is 0 Å². The van der Waals surface area contributed by atoms with E-state index in [9.17, 15) is 4.39 Å². The summed E-state index contributed by atoms with van der Waals surface area (Å²) in [6, 6.07) is 6.27. The van der Waals surface area contributed by atoms with Crippen LogP contribution in [0.2, 0.25) is 0 Å². The van der Waals surface area contributed by atoms with Gasteiger partial charge >= 0.3 is 0 Å². The number of rotatable bonds is 3. The quantitative estimate of drug-likeness (QED) is 0.699. The zero-order valence-corrected chi connectivity index (χ0v) is 9.19. The van der Waals surface area contributed by atoms with Gasteiger partial charge < -0.3 is 4.52 Å². The van der Waals surface area contributed by atoms with E-state index < -0.39 is 0 Å². The first-order valence-electron chi connectivity index (χ1n) is 5.23. The van der Waals surface area contributed by atoms with Crippen molar-refractivity contribution in [2.75, 3.05) is 0 Å². The fraction of sp³-hybridized carbons (Fsp3) is 0.0909. The van der Waals surface area contributed by atoms with Crippen LogP contribution in [0.15, 0.2) is 41.4 Å². The SMILES string of the molecule is Fc1ccccc1-c1noc(Cn2cncn2)n1. The molecule has 0 aliphatic carbocycles. The summed E-state index contributed by atoms with van der Waals surface area (Å²) in [5.74, 6) is 0.188. The molecule has 0 N–H and O–H groups in total. The van der Waals surface area contributed by atoms with Crippen molar-refractivity contribution < 1.29 is 8.91 Å². The van der Waals surface area contributed by atoms with Gasteiger partial charge in [0.1, 0.15) is 25.0 Å². The predicted molar refractivity (Wildman–Crippen MR) is 58.8 cm³/mol. The molecule has 3 aromatic rings. The van der Waals surface area contributed by atoms with Crippen molar-refractivity contribution in [2.24, 2.45) is 0 Å². The summed E-state index contributed by atoms with van der Waals surface area (Å²) in [4.78, 5) is 7.91. The standard InChI is InChI=1S/C11H8FN5O/c12-9-4-2-1-3-8(9)11-15-10(18-16-11)5-17-7-13-6-14-17/h1-4,6-7H,5H2. The van der Waals surface area contributed by atoms with Crippen LogP contribution in [0.5, 0.6) is 0 Å². The third-order valence-electron chi connectivity index (χ3n) is 2.35. The molecule has 0 unspecified atom stereocenters. The minimum Gasteiger partial charge on any atom is -0.337 e. The van der Waals surface area contributed by atoms with Gasteiger partial charge in [-0.2, -0.15) is 10.1 Å². The highest BCUT2D eigenvalue weighted by Gasteiger charge is 2.12. The zero-order chi connectivity index (χ0) is 12.4. The van der Waals surface area contributed by atoms with E-state index in [0.717, 1.165) is 0 Å². The van der Waals surface area contributed by atoms with Crippen molar-refractivity contribution in [3.63, 3.8) is 0 Å². The molecular weight excluding hydrogens is 237 g/mol. The Kier molecular flexibility index (Phi) is 2.56. The van der Waals surface area contributed by atoms with Crippen molar-refractivity contribution >= 4 is 0 Å². The smallest absolute Gasteiger partial charge is 0.248 e. The molecule has 0 amide bonds. The first-order valence-corrected chi connectivity index (χ1v) is 5.23. The molecule has 0 fully saturated rings. The molecule has 0 radical (unpaired) electrons. The lowest BCUT2D eigenvalue weighted by Gasteiger charge is -1.95. The third kappa shape index (κ3) is 1.97. The Morgan fingerprint density at radius 2 is 2.17 bits per heavy atom. The van der Waals surface area contributed by atoms with Crippen LogP contribution in [0.25, 0.3) is 11.4 Å². The highest BCUT2D eigenvalue weighted by atomic mass is 19.1. The van der Waals surface area contributed by atoms with Gasteiger partial charge in [-0.15, -0.1) is 0 Å². The maximum atomic E-state index is 13.5. The monoisotopic (exact) mass is 245 g/mol. The van der Waals surface area contributed by atoms with Crippen LogP contribution in [0, 0.1) is 5.82 Å². The van der Waals surface area contributed by atoms with E-state index >= 15 is 0 Å². The number of hydrogen-bond acceptors (Lipinski definition) is 5. The maximum Gasteiger partial charge on any atom is 0.248 e. The molecule has 18 heavy (non-hydrogen) atoms. The average molecular weight is 245 g/mol. The Hall–Kier alpha value is -2.57. The predicted octanol–water partition coefficient (Wildman–Crippen LogP) is 1.52. The number of halogens is 1. The van der Waals surface area contributed by atoms with Crippen LogP contribution < -0.4 is 0 Å². The van der Waals surface area contributed by atoms with Gasteiger partial charge in [0.15, 0.2) is 0 Å². The fourth-order valence-electron chi connectivity index (χ4n) is 1.52. The molecule has 1 aromatic carbocycles. The maximum absolute atomic E-state index is 13.5. The van der Waals surface area contributed by atoms with Gasteiger partial charge in [0, 0.05) is 0 Å². The Balaban J connectivity index is 1.88. The topological polar surface area (TPSA) is 69.6 Å². The molecule has 0 saturated heterocycles. The normalized spacial score (nSPS) is 10.7. The van der Waals surface area contributed by atoms with Gasteiger partial charge in [-0.25, -0.2) is 14.1 Å². The van der Waals surface area contributed by atoms with Crippen molar-refractivity contribution in [1.82, 2.24) is 24.9 Å². The van der Waals surface area contributed by atoms with Crippen LogP contribution in [0.4, 0.5) is 4.39 Å². The number of aromatic nitrogens is 5. The molecule has 0 bridgehead atoms. The second-order valence-corrected chi connectivity index (χ2v) is 3.58. The van der Waals surface area contributed by atoms with E-state index in [1.54, 1.807) is 22.9 Å². The summed E-state index contributed by atoms with van der Waals surface area (Å²) < 4.78 is 20.1. The Morgan fingerprint density at radius 1 is 1.28 bits per heavy atom. The Labute approximate surface area is 101 Å². The van der Waals surface area contributed by atoms with Gasteiger partial charge in [0.2, 0.25) is 11.7 Å². The average Bonchev–Trinajstić information content (AvgIpc) is 3.02. The lowest BCUT2D eigenvalue weighted by Crippen LogP contribution is -2.00. The fourth-order valence-corrected chi connectivity index (χ4v) is 1.52. The van der Waals surface area contributed by atoms with Crippen LogP contribution in [-0.2, 0) is 6.54 Å². The summed E-state index contributed by atoms with van der Waals surface area (Å²) in [5.41, 5.74) is 0.311.